The van der Waals surface area contributed by atoms with Crippen molar-refractivity contribution in [3.05, 3.63) is 23.8 Å². The topological polar surface area (TPSA) is 38.3 Å². The van der Waals surface area contributed by atoms with Gasteiger partial charge in [0.25, 0.3) is 0 Å². The zero-order valence-electron chi connectivity index (χ0n) is 13.9. The van der Waals surface area contributed by atoms with Crippen molar-refractivity contribution in [2.24, 2.45) is 5.92 Å². The number of unbranched alkanes of at least 4 members (excludes halogenated alkanes) is 2. The molecule has 0 radical (unpaired) electrons. The number of aryl methyl sites for hydroxylation is 1. The van der Waals surface area contributed by atoms with Gasteiger partial charge in [-0.3, -0.25) is 4.79 Å². The van der Waals surface area contributed by atoms with Gasteiger partial charge in [-0.25, -0.2) is 0 Å². The van der Waals surface area contributed by atoms with Crippen LogP contribution in [-0.2, 0) is 11.2 Å². The third-order valence-corrected chi connectivity index (χ3v) is 3.39. The average molecular weight is 291 g/mol. The van der Waals surface area contributed by atoms with Crippen molar-refractivity contribution in [2.45, 2.75) is 59.8 Å². The standard InChI is InChI=1S/C18H29NO2/c1-5-7-8-13-21-17-15(10-6-2)11-9-12-16(17)19-18(20)14(3)4/h9,11-12,14H,5-8,10,13H2,1-4H3,(H,19,20). The van der Waals surface area contributed by atoms with E-state index in [1.54, 1.807) is 0 Å². The molecular weight excluding hydrogens is 262 g/mol. The van der Waals surface area contributed by atoms with E-state index in [0.717, 1.165) is 30.7 Å². The number of hydrogen-bond donors (Lipinski definition) is 1. The third kappa shape index (κ3) is 5.78. The van der Waals surface area contributed by atoms with Crippen LogP contribution in [0, 0.1) is 5.92 Å². The molecule has 0 aliphatic carbocycles. The van der Waals surface area contributed by atoms with Crippen molar-refractivity contribution < 1.29 is 9.53 Å². The number of ether oxygens (including phenoxy) is 1. The predicted molar refractivity (Wildman–Crippen MR) is 88.9 cm³/mol. The quantitative estimate of drug-likeness (QED) is 0.663. The molecule has 0 spiro atoms. The molecule has 1 amide bonds. The summed E-state index contributed by atoms with van der Waals surface area (Å²) in [5.74, 6) is 0.847. The fourth-order valence-electron chi connectivity index (χ4n) is 2.12. The summed E-state index contributed by atoms with van der Waals surface area (Å²) >= 11 is 0. The SMILES string of the molecule is CCCCCOc1c(CCC)cccc1NC(=O)C(C)C. The first-order valence-corrected chi connectivity index (χ1v) is 8.15. The molecule has 21 heavy (non-hydrogen) atoms. The molecule has 0 aromatic heterocycles. The van der Waals surface area contributed by atoms with Crippen LogP contribution in [0.2, 0.25) is 0 Å². The van der Waals surface area contributed by atoms with Crippen LogP contribution in [0.15, 0.2) is 18.2 Å². The third-order valence-electron chi connectivity index (χ3n) is 3.39. The molecule has 3 nitrogen and oxygen atoms in total. The van der Waals surface area contributed by atoms with Gasteiger partial charge >= 0.3 is 0 Å². The van der Waals surface area contributed by atoms with Crippen LogP contribution in [-0.4, -0.2) is 12.5 Å². The van der Waals surface area contributed by atoms with E-state index in [9.17, 15) is 4.79 Å². The van der Waals surface area contributed by atoms with E-state index in [4.69, 9.17) is 4.74 Å². The average Bonchev–Trinajstić information content (AvgIpc) is 2.45. The summed E-state index contributed by atoms with van der Waals surface area (Å²) < 4.78 is 5.99. The lowest BCUT2D eigenvalue weighted by atomic mass is 10.1. The van der Waals surface area contributed by atoms with E-state index in [1.165, 1.54) is 18.4 Å². The van der Waals surface area contributed by atoms with Gasteiger partial charge in [-0.15, -0.1) is 0 Å². The molecule has 0 saturated heterocycles. The second-order valence-electron chi connectivity index (χ2n) is 5.74. The van der Waals surface area contributed by atoms with Crippen molar-refractivity contribution >= 4 is 11.6 Å². The summed E-state index contributed by atoms with van der Waals surface area (Å²) in [7, 11) is 0. The number of nitrogens with one attached hydrogen (secondary N) is 1. The van der Waals surface area contributed by atoms with Crippen molar-refractivity contribution in [1.82, 2.24) is 0 Å². The van der Waals surface area contributed by atoms with E-state index >= 15 is 0 Å². The molecular formula is C18H29NO2. The fraction of sp³-hybridized carbons (Fsp3) is 0.611. The monoisotopic (exact) mass is 291 g/mol. The molecule has 118 valence electrons. The van der Waals surface area contributed by atoms with Crippen LogP contribution >= 0.6 is 0 Å². The fourth-order valence-corrected chi connectivity index (χ4v) is 2.12. The van der Waals surface area contributed by atoms with Gasteiger partial charge in [0.2, 0.25) is 5.91 Å². The van der Waals surface area contributed by atoms with Gasteiger partial charge in [0.15, 0.2) is 0 Å². The minimum Gasteiger partial charge on any atom is -0.491 e. The van der Waals surface area contributed by atoms with Crippen molar-refractivity contribution in [3.8, 4) is 5.75 Å². The van der Waals surface area contributed by atoms with Crippen LogP contribution in [0.3, 0.4) is 0 Å². The number of amides is 1. The highest BCUT2D eigenvalue weighted by atomic mass is 16.5. The summed E-state index contributed by atoms with van der Waals surface area (Å²) in [5, 5.41) is 2.99. The molecule has 1 rings (SSSR count). The molecule has 0 aliphatic heterocycles. The Labute approximate surface area is 129 Å². The first-order chi connectivity index (χ1) is 10.1. The van der Waals surface area contributed by atoms with Gasteiger partial charge in [-0.2, -0.15) is 0 Å². The van der Waals surface area contributed by atoms with Crippen LogP contribution < -0.4 is 10.1 Å². The molecule has 0 fully saturated rings. The second kappa shape index (κ2) is 9.43. The highest BCUT2D eigenvalue weighted by molar-refractivity contribution is 5.93. The number of hydrogen-bond acceptors (Lipinski definition) is 2. The first kappa shape index (κ1) is 17.5. The Kier molecular flexibility index (Phi) is 7.88. The van der Waals surface area contributed by atoms with Crippen LogP contribution in [0.1, 0.15) is 58.9 Å². The normalized spacial score (nSPS) is 10.7. The number of carbonyl (C=O) groups is 1. The van der Waals surface area contributed by atoms with E-state index in [2.05, 4.69) is 25.2 Å². The maximum Gasteiger partial charge on any atom is 0.227 e. The van der Waals surface area contributed by atoms with Gasteiger partial charge in [-0.1, -0.05) is 59.1 Å². The Hall–Kier alpha value is -1.51. The second-order valence-corrected chi connectivity index (χ2v) is 5.74. The first-order valence-electron chi connectivity index (χ1n) is 8.15. The minimum absolute atomic E-state index is 0.0297. The molecule has 3 heteroatoms. The van der Waals surface area contributed by atoms with Gasteiger partial charge in [0, 0.05) is 5.92 Å². The lowest BCUT2D eigenvalue weighted by Crippen LogP contribution is -2.18. The Morgan fingerprint density at radius 3 is 2.57 bits per heavy atom. The van der Waals surface area contributed by atoms with Crippen molar-refractivity contribution in [3.63, 3.8) is 0 Å². The van der Waals surface area contributed by atoms with Crippen LogP contribution in [0.5, 0.6) is 5.75 Å². The number of anilines is 1. The van der Waals surface area contributed by atoms with Crippen LogP contribution in [0.4, 0.5) is 5.69 Å². The summed E-state index contributed by atoms with van der Waals surface area (Å²) in [4.78, 5) is 11.9. The zero-order valence-corrected chi connectivity index (χ0v) is 13.9. The van der Waals surface area contributed by atoms with E-state index in [-0.39, 0.29) is 11.8 Å². The summed E-state index contributed by atoms with van der Waals surface area (Å²) in [6, 6.07) is 6.00. The van der Waals surface area contributed by atoms with E-state index in [1.807, 2.05) is 26.0 Å². The van der Waals surface area contributed by atoms with E-state index in [0.29, 0.717) is 6.61 Å². The van der Waals surface area contributed by atoms with Gasteiger partial charge in [0.05, 0.1) is 12.3 Å². The molecule has 0 saturated carbocycles. The van der Waals surface area contributed by atoms with Gasteiger partial charge in [0.1, 0.15) is 5.75 Å². The maximum absolute atomic E-state index is 11.9. The summed E-state index contributed by atoms with van der Waals surface area (Å²) in [6.07, 6.45) is 5.43. The summed E-state index contributed by atoms with van der Waals surface area (Å²) in [5.41, 5.74) is 1.98. The Morgan fingerprint density at radius 1 is 1.19 bits per heavy atom. The zero-order chi connectivity index (χ0) is 15.7. The smallest absolute Gasteiger partial charge is 0.227 e. The Morgan fingerprint density at radius 2 is 1.95 bits per heavy atom. The largest absolute Gasteiger partial charge is 0.491 e. The molecule has 0 atom stereocenters. The number of benzene rings is 1. The minimum atomic E-state index is -0.0345. The Bertz CT molecular complexity index is 441. The van der Waals surface area contributed by atoms with Crippen LogP contribution in [0.25, 0.3) is 0 Å². The van der Waals surface area contributed by atoms with Gasteiger partial charge < -0.3 is 10.1 Å². The molecule has 0 heterocycles. The van der Waals surface area contributed by atoms with E-state index < -0.39 is 0 Å². The molecule has 0 bridgehead atoms. The Balaban J connectivity index is 2.88. The van der Waals surface area contributed by atoms with Crippen molar-refractivity contribution in [1.29, 1.82) is 0 Å². The van der Waals surface area contributed by atoms with Gasteiger partial charge in [-0.05, 0) is 24.5 Å². The molecule has 1 N–H and O–H groups in total. The number of rotatable bonds is 9. The molecule has 0 unspecified atom stereocenters. The number of para-hydroxylation sites is 1. The summed E-state index contributed by atoms with van der Waals surface area (Å²) in [6.45, 7) is 8.83. The maximum atomic E-state index is 11.9. The predicted octanol–water partition coefficient (Wildman–Crippen LogP) is 4.80. The lowest BCUT2D eigenvalue weighted by molar-refractivity contribution is -0.118. The molecule has 1 aromatic rings. The lowest BCUT2D eigenvalue weighted by Gasteiger charge is -2.17. The molecule has 1 aromatic carbocycles. The molecule has 0 aliphatic rings. The number of carbonyl (C=O) groups excluding carboxylic acids is 1. The van der Waals surface area contributed by atoms with Crippen molar-refractivity contribution in [2.75, 3.05) is 11.9 Å². The highest BCUT2D eigenvalue weighted by Gasteiger charge is 2.14. The highest BCUT2D eigenvalue weighted by Crippen LogP contribution is 2.30.